The van der Waals surface area contributed by atoms with Gasteiger partial charge in [0, 0.05) is 53.2 Å². The van der Waals surface area contributed by atoms with Crippen LogP contribution in [0.4, 0.5) is 5.69 Å². The monoisotopic (exact) mass is 427 g/mol. The first kappa shape index (κ1) is 19.6. The maximum atomic E-state index is 13.1. The summed E-state index contributed by atoms with van der Waals surface area (Å²) in [4.78, 5) is 14.8. The van der Waals surface area contributed by atoms with Crippen LogP contribution >= 0.6 is 15.9 Å². The predicted molar refractivity (Wildman–Crippen MR) is 110 cm³/mol. The topological polar surface area (TPSA) is 37.4 Å². The van der Waals surface area contributed by atoms with Gasteiger partial charge in [0.25, 0.3) is 0 Å². The highest BCUT2D eigenvalue weighted by Gasteiger charge is 2.50. The number of fused-ring (bicyclic) bond motifs is 1. The van der Waals surface area contributed by atoms with Gasteiger partial charge >= 0.3 is 0 Å². The van der Waals surface area contributed by atoms with Crippen molar-refractivity contribution in [3.05, 3.63) is 40.9 Å². The van der Waals surface area contributed by atoms with Gasteiger partial charge < -0.3 is 4.90 Å². The van der Waals surface area contributed by atoms with Crippen molar-refractivity contribution < 1.29 is 9.00 Å². The molecule has 6 heteroatoms. The van der Waals surface area contributed by atoms with Crippen molar-refractivity contribution in [3.8, 4) is 0 Å². The molecule has 132 valence electrons. The normalized spacial score (nSPS) is 21.7. The Labute approximate surface area is 157 Å². The fourth-order valence-electron chi connectivity index (χ4n) is 3.20. The van der Waals surface area contributed by atoms with Gasteiger partial charge in [-0.2, -0.15) is 0 Å². The van der Waals surface area contributed by atoms with Gasteiger partial charge in [-0.1, -0.05) is 47.7 Å². The summed E-state index contributed by atoms with van der Waals surface area (Å²) in [6.07, 6.45) is 2.28. The SMILES string of the molecule is C=CC[C@@]1(C[S@@](=O)CC[Si](C)(C)C)C(=O)N(C)c2cccc(Br)c21. The number of nitrogens with zero attached hydrogens (tertiary/aromatic N) is 1. The van der Waals surface area contributed by atoms with Crippen molar-refractivity contribution in [1.29, 1.82) is 0 Å². The van der Waals surface area contributed by atoms with Crippen LogP contribution in [0.1, 0.15) is 12.0 Å². The largest absolute Gasteiger partial charge is 0.314 e. The Hall–Kier alpha value is -0.723. The molecule has 0 aromatic heterocycles. The van der Waals surface area contributed by atoms with Gasteiger partial charge in [-0.3, -0.25) is 9.00 Å². The third-order valence-electron chi connectivity index (χ3n) is 4.53. The van der Waals surface area contributed by atoms with Gasteiger partial charge in [-0.25, -0.2) is 0 Å². The predicted octanol–water partition coefficient (Wildman–Crippen LogP) is 4.33. The molecule has 0 fully saturated rings. The Kier molecular flexibility index (Phi) is 5.93. The lowest BCUT2D eigenvalue weighted by Crippen LogP contribution is -2.43. The van der Waals surface area contributed by atoms with Crippen molar-refractivity contribution >= 4 is 46.4 Å². The average Bonchev–Trinajstić information content (AvgIpc) is 2.69. The Bertz CT molecular complexity index is 686. The number of carbonyl (C=O) groups is 1. The van der Waals surface area contributed by atoms with Crippen molar-refractivity contribution in [1.82, 2.24) is 0 Å². The minimum absolute atomic E-state index is 0.0191. The van der Waals surface area contributed by atoms with Gasteiger partial charge in [-0.15, -0.1) is 6.58 Å². The molecule has 0 radical (unpaired) electrons. The Morgan fingerprint density at radius 2 is 2.04 bits per heavy atom. The van der Waals surface area contributed by atoms with Gasteiger partial charge in [0.2, 0.25) is 5.91 Å². The van der Waals surface area contributed by atoms with Gasteiger partial charge in [0.05, 0.1) is 5.41 Å². The quantitative estimate of drug-likeness (QED) is 0.479. The molecule has 2 rings (SSSR count). The van der Waals surface area contributed by atoms with Crippen LogP contribution < -0.4 is 4.90 Å². The minimum Gasteiger partial charge on any atom is -0.314 e. The average molecular weight is 428 g/mol. The van der Waals surface area contributed by atoms with Crippen LogP contribution in [0.2, 0.25) is 25.7 Å². The van der Waals surface area contributed by atoms with E-state index < -0.39 is 24.3 Å². The number of likely N-dealkylation sites (N-methyl/N-ethyl adjacent to an activating group) is 1. The van der Waals surface area contributed by atoms with Crippen molar-refractivity contribution in [2.75, 3.05) is 23.5 Å². The summed E-state index contributed by atoms with van der Waals surface area (Å²) in [6.45, 7) is 10.7. The van der Waals surface area contributed by atoms with Crippen LogP contribution in [0, 0.1) is 0 Å². The molecule has 1 heterocycles. The highest BCUT2D eigenvalue weighted by atomic mass is 79.9. The van der Waals surface area contributed by atoms with E-state index in [9.17, 15) is 9.00 Å². The molecule has 0 unspecified atom stereocenters. The summed E-state index contributed by atoms with van der Waals surface area (Å²) in [5.41, 5.74) is 1.09. The fraction of sp³-hybridized carbons (Fsp3) is 0.500. The summed E-state index contributed by atoms with van der Waals surface area (Å²) >= 11 is 3.60. The molecule has 1 aliphatic rings. The smallest absolute Gasteiger partial charge is 0.238 e. The molecule has 24 heavy (non-hydrogen) atoms. The summed E-state index contributed by atoms with van der Waals surface area (Å²) in [5.74, 6) is 1.05. The first-order chi connectivity index (χ1) is 11.1. The van der Waals surface area contributed by atoms with Gasteiger partial charge in [0.1, 0.15) is 0 Å². The maximum absolute atomic E-state index is 13.1. The molecule has 1 aliphatic heterocycles. The minimum atomic E-state index is -1.25. The zero-order valence-corrected chi connectivity index (χ0v) is 18.3. The van der Waals surface area contributed by atoms with E-state index >= 15 is 0 Å². The molecule has 3 nitrogen and oxygen atoms in total. The van der Waals surface area contributed by atoms with Gasteiger partial charge in [-0.05, 0) is 24.6 Å². The summed E-state index contributed by atoms with van der Waals surface area (Å²) < 4.78 is 13.7. The third kappa shape index (κ3) is 3.75. The Balaban J connectivity index is 2.40. The standard InChI is InChI=1S/C18H26BrNO2SSi/c1-6-10-18(13-23(22)11-12-24(3,4)5)16-14(19)8-7-9-15(16)20(2)17(18)21/h6-9H,1,10-13H2,2-5H3/t18-,23-/m0/s1. The number of halogens is 1. The fourth-order valence-corrected chi connectivity index (χ4v) is 8.37. The number of allylic oxidation sites excluding steroid dienone is 1. The van der Waals surface area contributed by atoms with Crippen LogP contribution in [0.3, 0.4) is 0 Å². The molecule has 0 saturated carbocycles. The number of rotatable bonds is 7. The zero-order valence-electron chi connectivity index (χ0n) is 14.9. The number of hydrogen-bond donors (Lipinski definition) is 0. The number of carbonyl (C=O) groups excluding carboxylic acids is 1. The van der Waals surface area contributed by atoms with Crippen LogP contribution in [-0.4, -0.2) is 36.7 Å². The first-order valence-corrected chi connectivity index (χ1v) is 14.1. The van der Waals surface area contributed by atoms with E-state index in [0.29, 0.717) is 17.9 Å². The second kappa shape index (κ2) is 7.26. The van der Waals surface area contributed by atoms with E-state index in [4.69, 9.17) is 0 Å². The lowest BCUT2D eigenvalue weighted by Gasteiger charge is -2.28. The van der Waals surface area contributed by atoms with Crippen molar-refractivity contribution in [2.45, 2.75) is 37.5 Å². The van der Waals surface area contributed by atoms with Crippen LogP contribution in [-0.2, 0) is 21.0 Å². The summed E-state index contributed by atoms with van der Waals surface area (Å²) in [5, 5.41) is 0. The van der Waals surface area contributed by atoms with E-state index in [1.54, 1.807) is 18.0 Å². The van der Waals surface area contributed by atoms with Crippen LogP contribution in [0.25, 0.3) is 0 Å². The number of amides is 1. The highest BCUT2D eigenvalue weighted by molar-refractivity contribution is 9.10. The van der Waals surface area contributed by atoms with E-state index in [1.165, 1.54) is 0 Å². The van der Waals surface area contributed by atoms with Crippen molar-refractivity contribution in [2.24, 2.45) is 0 Å². The number of benzene rings is 1. The first-order valence-electron chi connectivity index (χ1n) is 8.15. The van der Waals surface area contributed by atoms with E-state index in [1.807, 2.05) is 18.2 Å². The molecule has 1 aromatic carbocycles. The highest BCUT2D eigenvalue weighted by Crippen LogP contribution is 2.47. The summed E-state index contributed by atoms with van der Waals surface area (Å²) in [6, 6.07) is 6.84. The second-order valence-electron chi connectivity index (χ2n) is 7.67. The lowest BCUT2D eigenvalue weighted by molar-refractivity contribution is -0.122. The molecular weight excluding hydrogens is 402 g/mol. The van der Waals surface area contributed by atoms with Crippen molar-refractivity contribution in [3.63, 3.8) is 0 Å². The molecule has 0 saturated heterocycles. The zero-order chi connectivity index (χ0) is 18.1. The maximum Gasteiger partial charge on any atom is 0.238 e. The Morgan fingerprint density at radius 1 is 1.38 bits per heavy atom. The van der Waals surface area contributed by atoms with Gasteiger partial charge in [0.15, 0.2) is 0 Å². The summed E-state index contributed by atoms with van der Waals surface area (Å²) in [7, 11) is -0.484. The molecule has 2 atom stereocenters. The molecule has 1 aromatic rings. The molecule has 0 N–H and O–H groups in total. The van der Waals surface area contributed by atoms with E-state index in [-0.39, 0.29) is 5.91 Å². The molecule has 0 aliphatic carbocycles. The molecule has 0 bridgehead atoms. The van der Waals surface area contributed by atoms with Crippen LogP contribution in [0.15, 0.2) is 35.3 Å². The second-order valence-corrected chi connectivity index (χ2v) is 15.7. The third-order valence-corrected chi connectivity index (χ3v) is 8.77. The molecule has 1 amide bonds. The lowest BCUT2D eigenvalue weighted by atomic mass is 9.80. The number of anilines is 1. The van der Waals surface area contributed by atoms with Crippen LogP contribution in [0.5, 0.6) is 0 Å². The molecule has 0 spiro atoms. The Morgan fingerprint density at radius 3 is 2.62 bits per heavy atom. The number of hydrogen-bond acceptors (Lipinski definition) is 2. The van der Waals surface area contributed by atoms with E-state index in [0.717, 1.165) is 21.8 Å². The molecular formula is C18H26BrNO2SSi. The van der Waals surface area contributed by atoms with E-state index in [2.05, 4.69) is 42.1 Å².